The van der Waals surface area contributed by atoms with E-state index < -0.39 is 6.10 Å². The summed E-state index contributed by atoms with van der Waals surface area (Å²) in [6, 6.07) is 0.0641. The van der Waals surface area contributed by atoms with Gasteiger partial charge in [-0.3, -0.25) is 4.68 Å². The maximum atomic E-state index is 9.99. The van der Waals surface area contributed by atoms with Gasteiger partial charge < -0.3 is 10.4 Å². The molecule has 1 aromatic heterocycles. The third-order valence-corrected chi connectivity index (χ3v) is 2.45. The molecule has 0 aliphatic heterocycles. The fourth-order valence-corrected chi connectivity index (χ4v) is 1.61. The maximum Gasteiger partial charge on any atom is 0.0970 e. The number of hydrogen-bond donors (Lipinski definition) is 2. The summed E-state index contributed by atoms with van der Waals surface area (Å²) in [5.41, 5.74) is 0.886. The van der Waals surface area contributed by atoms with Crippen LogP contribution < -0.4 is 5.32 Å². The van der Waals surface area contributed by atoms with Crippen LogP contribution in [-0.2, 0) is 6.54 Å². The summed E-state index contributed by atoms with van der Waals surface area (Å²) in [6.07, 6.45) is 4.24. The van der Waals surface area contributed by atoms with Crippen molar-refractivity contribution in [2.24, 2.45) is 0 Å². The molecule has 1 heterocycles. The quantitative estimate of drug-likeness (QED) is 0.746. The largest absolute Gasteiger partial charge is 0.387 e. The number of hydrogen-bond acceptors (Lipinski definition) is 3. The first-order valence-corrected chi connectivity index (χ1v) is 5.62. The van der Waals surface area contributed by atoms with Gasteiger partial charge in [-0.1, -0.05) is 13.8 Å². The van der Waals surface area contributed by atoms with E-state index in [-0.39, 0.29) is 6.04 Å². The Balaban J connectivity index is 2.60. The van der Waals surface area contributed by atoms with Gasteiger partial charge >= 0.3 is 0 Å². The van der Waals surface area contributed by atoms with Crippen molar-refractivity contribution in [3.05, 3.63) is 18.0 Å². The number of rotatable bonds is 6. The van der Waals surface area contributed by atoms with Gasteiger partial charge in [0.25, 0.3) is 0 Å². The lowest BCUT2D eigenvalue weighted by Gasteiger charge is -2.17. The molecule has 0 saturated heterocycles. The predicted octanol–water partition coefficient (Wildman–Crippen LogP) is 1.32. The summed E-state index contributed by atoms with van der Waals surface area (Å²) in [6.45, 7) is 7.89. The Morgan fingerprint density at radius 2 is 2.27 bits per heavy atom. The van der Waals surface area contributed by atoms with Gasteiger partial charge in [0.1, 0.15) is 0 Å². The lowest BCUT2D eigenvalue weighted by atomic mass is 10.1. The highest BCUT2D eigenvalue weighted by atomic mass is 16.3. The fraction of sp³-hybridized carbons (Fsp3) is 0.727. The fourth-order valence-electron chi connectivity index (χ4n) is 1.61. The van der Waals surface area contributed by atoms with Gasteiger partial charge in [-0.2, -0.15) is 5.10 Å². The lowest BCUT2D eigenvalue weighted by molar-refractivity contribution is 0.137. The lowest BCUT2D eigenvalue weighted by Crippen LogP contribution is -2.31. The minimum atomic E-state index is -0.476. The molecule has 0 aliphatic carbocycles. The number of aromatic nitrogens is 2. The minimum Gasteiger partial charge on any atom is -0.387 e. The average Bonchev–Trinajstić information content (AvgIpc) is 2.66. The number of nitrogens with zero attached hydrogens (tertiary/aromatic N) is 2. The molecule has 0 radical (unpaired) electrons. The highest BCUT2D eigenvalue weighted by Crippen LogP contribution is 2.15. The number of aryl methyl sites for hydroxylation is 1. The second-order valence-electron chi connectivity index (χ2n) is 3.83. The van der Waals surface area contributed by atoms with Gasteiger partial charge in [-0.05, 0) is 19.9 Å². The van der Waals surface area contributed by atoms with Crippen molar-refractivity contribution in [2.75, 3.05) is 6.54 Å². The Kier molecular flexibility index (Phi) is 4.78. The summed E-state index contributed by atoms with van der Waals surface area (Å²) < 4.78 is 1.87. The molecule has 0 bridgehead atoms. The molecule has 0 aromatic carbocycles. The van der Waals surface area contributed by atoms with Crippen molar-refractivity contribution in [2.45, 2.75) is 45.9 Å². The van der Waals surface area contributed by atoms with Gasteiger partial charge in [-0.25, -0.2) is 0 Å². The van der Waals surface area contributed by atoms with Gasteiger partial charge in [0, 0.05) is 24.3 Å². The number of aliphatic hydroxyl groups is 1. The van der Waals surface area contributed by atoms with Crippen LogP contribution in [0, 0.1) is 0 Å². The van der Waals surface area contributed by atoms with Crippen LogP contribution in [0.3, 0.4) is 0 Å². The first-order chi connectivity index (χ1) is 7.19. The molecular formula is C11H21N3O. The van der Waals surface area contributed by atoms with Crippen LogP contribution in [0.4, 0.5) is 0 Å². The Labute approximate surface area is 91.3 Å². The van der Waals surface area contributed by atoms with Crippen LogP contribution in [0.5, 0.6) is 0 Å². The van der Waals surface area contributed by atoms with E-state index >= 15 is 0 Å². The van der Waals surface area contributed by atoms with Gasteiger partial charge in [0.05, 0.1) is 12.3 Å². The molecule has 2 atom stereocenters. The highest BCUT2D eigenvalue weighted by molar-refractivity contribution is 5.10. The number of nitrogens with one attached hydrogen (secondary N) is 1. The zero-order chi connectivity index (χ0) is 11.3. The average molecular weight is 211 g/mol. The van der Waals surface area contributed by atoms with Crippen molar-refractivity contribution in [3.8, 4) is 0 Å². The second-order valence-corrected chi connectivity index (χ2v) is 3.83. The molecule has 1 rings (SSSR count). The van der Waals surface area contributed by atoms with E-state index in [2.05, 4.69) is 17.3 Å². The normalized spacial score (nSPS) is 15.2. The van der Waals surface area contributed by atoms with E-state index in [9.17, 15) is 5.11 Å². The van der Waals surface area contributed by atoms with Crippen molar-refractivity contribution in [1.29, 1.82) is 0 Å². The SMILES string of the molecule is CCCn1cc(C(O)C(C)NCC)cn1. The Morgan fingerprint density at radius 3 is 2.87 bits per heavy atom. The standard InChI is InChI=1S/C11H21N3O/c1-4-6-14-8-10(7-13-14)11(15)9(3)12-5-2/h7-9,11-12,15H,4-6H2,1-3H3. The molecule has 2 N–H and O–H groups in total. The smallest absolute Gasteiger partial charge is 0.0970 e. The van der Waals surface area contributed by atoms with Crippen LogP contribution in [0.25, 0.3) is 0 Å². The summed E-state index contributed by atoms with van der Waals surface area (Å²) in [7, 11) is 0. The molecule has 4 heteroatoms. The van der Waals surface area contributed by atoms with E-state index in [4.69, 9.17) is 0 Å². The van der Waals surface area contributed by atoms with Gasteiger partial charge in [0.15, 0.2) is 0 Å². The minimum absolute atomic E-state index is 0.0641. The van der Waals surface area contributed by atoms with Crippen LogP contribution in [0.1, 0.15) is 38.9 Å². The summed E-state index contributed by atoms with van der Waals surface area (Å²) in [5.74, 6) is 0. The van der Waals surface area contributed by atoms with Crippen LogP contribution >= 0.6 is 0 Å². The second kappa shape index (κ2) is 5.88. The first kappa shape index (κ1) is 12.2. The molecule has 15 heavy (non-hydrogen) atoms. The third kappa shape index (κ3) is 3.32. The van der Waals surface area contributed by atoms with E-state index in [1.807, 2.05) is 24.7 Å². The predicted molar refractivity (Wildman–Crippen MR) is 60.6 cm³/mol. The van der Waals surface area contributed by atoms with Crippen molar-refractivity contribution in [1.82, 2.24) is 15.1 Å². The molecule has 0 spiro atoms. The molecule has 0 aliphatic rings. The molecule has 86 valence electrons. The van der Waals surface area contributed by atoms with Crippen LogP contribution in [-0.4, -0.2) is 27.5 Å². The summed E-state index contributed by atoms with van der Waals surface area (Å²) >= 11 is 0. The zero-order valence-corrected chi connectivity index (χ0v) is 9.77. The Hall–Kier alpha value is -0.870. The Bertz CT molecular complexity index is 285. The topological polar surface area (TPSA) is 50.1 Å². The van der Waals surface area contributed by atoms with Gasteiger partial charge in [0.2, 0.25) is 0 Å². The maximum absolute atomic E-state index is 9.99. The van der Waals surface area contributed by atoms with E-state index in [1.54, 1.807) is 6.20 Å². The Morgan fingerprint density at radius 1 is 1.53 bits per heavy atom. The van der Waals surface area contributed by atoms with Crippen molar-refractivity contribution < 1.29 is 5.11 Å². The molecule has 2 unspecified atom stereocenters. The number of aliphatic hydroxyl groups excluding tert-OH is 1. The highest BCUT2D eigenvalue weighted by Gasteiger charge is 2.16. The zero-order valence-electron chi connectivity index (χ0n) is 9.77. The number of likely N-dealkylation sites (N-methyl/N-ethyl adjacent to an activating group) is 1. The van der Waals surface area contributed by atoms with Crippen molar-refractivity contribution in [3.63, 3.8) is 0 Å². The molecule has 0 amide bonds. The molecule has 0 saturated carbocycles. The summed E-state index contributed by atoms with van der Waals surface area (Å²) in [5, 5.41) is 17.4. The monoisotopic (exact) mass is 211 g/mol. The molecule has 4 nitrogen and oxygen atoms in total. The van der Waals surface area contributed by atoms with E-state index in [1.165, 1.54) is 0 Å². The first-order valence-electron chi connectivity index (χ1n) is 5.62. The third-order valence-electron chi connectivity index (χ3n) is 2.45. The van der Waals surface area contributed by atoms with E-state index in [0.29, 0.717) is 0 Å². The van der Waals surface area contributed by atoms with Crippen LogP contribution in [0.15, 0.2) is 12.4 Å². The van der Waals surface area contributed by atoms with E-state index in [0.717, 1.165) is 25.1 Å². The van der Waals surface area contributed by atoms with Gasteiger partial charge in [-0.15, -0.1) is 0 Å². The summed E-state index contributed by atoms with van der Waals surface area (Å²) in [4.78, 5) is 0. The molecular weight excluding hydrogens is 190 g/mol. The van der Waals surface area contributed by atoms with Crippen LogP contribution in [0.2, 0.25) is 0 Å². The molecule has 1 aromatic rings. The van der Waals surface area contributed by atoms with Crippen molar-refractivity contribution >= 4 is 0 Å². The molecule has 0 fully saturated rings.